The fraction of sp³-hybridized carbons (Fsp3) is 0.150. The fourth-order valence-electron chi connectivity index (χ4n) is 2.60. The van der Waals surface area contributed by atoms with E-state index >= 15 is 0 Å². The molecular formula is C20H18N4O3. The summed E-state index contributed by atoms with van der Waals surface area (Å²) >= 11 is 0. The van der Waals surface area contributed by atoms with E-state index in [0.29, 0.717) is 29.6 Å². The van der Waals surface area contributed by atoms with Crippen LogP contribution < -0.4 is 20.1 Å². The van der Waals surface area contributed by atoms with Crippen molar-refractivity contribution in [3.05, 3.63) is 71.5 Å². The van der Waals surface area contributed by atoms with Gasteiger partial charge in [0, 0.05) is 30.7 Å². The molecule has 1 aliphatic rings. The first-order valence-corrected chi connectivity index (χ1v) is 8.50. The first-order valence-electron chi connectivity index (χ1n) is 8.50. The summed E-state index contributed by atoms with van der Waals surface area (Å²) in [6.45, 7) is 2.71. The SMILES string of the molecule is Cc1ccc(CNC(=O)c2cnc(Nc3ccc4c(c3)OCO4)nc2)cc1. The first kappa shape index (κ1) is 16.8. The summed E-state index contributed by atoms with van der Waals surface area (Å²) in [6, 6.07) is 13.5. The molecule has 2 aromatic carbocycles. The number of aryl methyl sites for hydroxylation is 1. The standard InChI is InChI=1S/C20H18N4O3/c1-13-2-4-14(5-3-13)9-21-19(25)15-10-22-20(23-11-15)24-16-6-7-17-18(8-16)27-12-26-17/h2-8,10-11H,9,12H2,1H3,(H,21,25)(H,22,23,24). The minimum atomic E-state index is -0.217. The Morgan fingerprint density at radius 3 is 2.56 bits per heavy atom. The molecule has 7 nitrogen and oxygen atoms in total. The van der Waals surface area contributed by atoms with Crippen LogP contribution in [-0.2, 0) is 6.54 Å². The molecular weight excluding hydrogens is 344 g/mol. The molecule has 0 saturated carbocycles. The van der Waals surface area contributed by atoms with E-state index in [2.05, 4.69) is 20.6 Å². The van der Waals surface area contributed by atoms with Crippen LogP contribution in [0, 0.1) is 6.92 Å². The van der Waals surface area contributed by atoms with Gasteiger partial charge in [0.2, 0.25) is 12.7 Å². The Balaban J connectivity index is 1.36. The Labute approximate surface area is 156 Å². The monoisotopic (exact) mass is 362 g/mol. The summed E-state index contributed by atoms with van der Waals surface area (Å²) in [7, 11) is 0. The maximum atomic E-state index is 12.2. The number of nitrogens with zero attached hydrogens (tertiary/aromatic N) is 2. The van der Waals surface area contributed by atoms with Crippen LogP contribution in [0.2, 0.25) is 0 Å². The van der Waals surface area contributed by atoms with Crippen molar-refractivity contribution in [2.45, 2.75) is 13.5 Å². The lowest BCUT2D eigenvalue weighted by Crippen LogP contribution is -2.23. The molecule has 7 heteroatoms. The third kappa shape index (κ3) is 3.98. The van der Waals surface area contributed by atoms with E-state index in [-0.39, 0.29) is 12.7 Å². The molecule has 1 aliphatic heterocycles. The van der Waals surface area contributed by atoms with Crippen LogP contribution in [0.1, 0.15) is 21.5 Å². The predicted octanol–water partition coefficient (Wildman–Crippen LogP) is 3.19. The molecule has 2 heterocycles. The molecule has 1 aromatic heterocycles. The van der Waals surface area contributed by atoms with E-state index < -0.39 is 0 Å². The van der Waals surface area contributed by atoms with E-state index in [1.807, 2.05) is 49.4 Å². The van der Waals surface area contributed by atoms with Gasteiger partial charge in [-0.15, -0.1) is 0 Å². The minimum absolute atomic E-state index is 0.217. The third-order valence-electron chi connectivity index (χ3n) is 4.12. The molecule has 0 saturated heterocycles. The number of ether oxygens (including phenoxy) is 2. The highest BCUT2D eigenvalue weighted by Gasteiger charge is 2.14. The third-order valence-corrected chi connectivity index (χ3v) is 4.12. The molecule has 0 aliphatic carbocycles. The molecule has 27 heavy (non-hydrogen) atoms. The van der Waals surface area contributed by atoms with Gasteiger partial charge >= 0.3 is 0 Å². The molecule has 0 spiro atoms. The zero-order valence-electron chi connectivity index (χ0n) is 14.7. The maximum Gasteiger partial charge on any atom is 0.254 e. The van der Waals surface area contributed by atoms with Crippen molar-refractivity contribution >= 4 is 17.5 Å². The molecule has 0 atom stereocenters. The Bertz CT molecular complexity index is 956. The molecule has 2 N–H and O–H groups in total. The average molecular weight is 362 g/mol. The Kier molecular flexibility index (Phi) is 4.57. The van der Waals surface area contributed by atoms with Crippen molar-refractivity contribution in [2.24, 2.45) is 0 Å². The van der Waals surface area contributed by atoms with Gasteiger partial charge in [0.05, 0.1) is 5.56 Å². The lowest BCUT2D eigenvalue weighted by molar-refractivity contribution is 0.0950. The van der Waals surface area contributed by atoms with E-state index in [9.17, 15) is 4.79 Å². The molecule has 3 aromatic rings. The van der Waals surface area contributed by atoms with Gasteiger partial charge in [-0.1, -0.05) is 29.8 Å². The maximum absolute atomic E-state index is 12.2. The number of hydrogen-bond donors (Lipinski definition) is 2. The Morgan fingerprint density at radius 1 is 1.04 bits per heavy atom. The van der Waals surface area contributed by atoms with Crippen LogP contribution in [0.25, 0.3) is 0 Å². The van der Waals surface area contributed by atoms with E-state index in [0.717, 1.165) is 11.3 Å². The van der Waals surface area contributed by atoms with Crippen molar-refractivity contribution in [3.8, 4) is 11.5 Å². The summed E-state index contributed by atoms with van der Waals surface area (Å²) in [4.78, 5) is 20.6. The van der Waals surface area contributed by atoms with Gasteiger partial charge in [-0.2, -0.15) is 0 Å². The van der Waals surface area contributed by atoms with Gasteiger partial charge in [-0.3, -0.25) is 4.79 Å². The molecule has 0 radical (unpaired) electrons. The number of hydrogen-bond acceptors (Lipinski definition) is 6. The van der Waals surface area contributed by atoms with Crippen molar-refractivity contribution < 1.29 is 14.3 Å². The van der Waals surface area contributed by atoms with Crippen LogP contribution >= 0.6 is 0 Å². The second-order valence-electron chi connectivity index (χ2n) is 6.16. The lowest BCUT2D eigenvalue weighted by Gasteiger charge is -2.07. The number of anilines is 2. The molecule has 0 bridgehead atoms. The largest absolute Gasteiger partial charge is 0.454 e. The molecule has 136 valence electrons. The summed E-state index contributed by atoms with van der Waals surface area (Å²) < 4.78 is 10.6. The van der Waals surface area contributed by atoms with Gasteiger partial charge in [-0.25, -0.2) is 9.97 Å². The highest BCUT2D eigenvalue weighted by Crippen LogP contribution is 2.34. The van der Waals surface area contributed by atoms with Gasteiger partial charge in [0.1, 0.15) is 0 Å². The number of aromatic nitrogens is 2. The second-order valence-corrected chi connectivity index (χ2v) is 6.16. The smallest absolute Gasteiger partial charge is 0.254 e. The number of benzene rings is 2. The van der Waals surface area contributed by atoms with Crippen molar-refractivity contribution in [1.82, 2.24) is 15.3 Å². The minimum Gasteiger partial charge on any atom is -0.454 e. The Morgan fingerprint density at radius 2 is 1.78 bits per heavy atom. The second kappa shape index (κ2) is 7.33. The van der Waals surface area contributed by atoms with Gasteiger partial charge in [0.25, 0.3) is 5.91 Å². The first-order chi connectivity index (χ1) is 13.2. The molecule has 0 unspecified atom stereocenters. The number of fused-ring (bicyclic) bond motifs is 1. The average Bonchev–Trinajstić information content (AvgIpc) is 3.16. The van der Waals surface area contributed by atoms with Crippen LogP contribution in [0.15, 0.2) is 54.9 Å². The summed E-state index contributed by atoms with van der Waals surface area (Å²) in [5.41, 5.74) is 3.40. The van der Waals surface area contributed by atoms with Crippen LogP contribution in [0.5, 0.6) is 11.5 Å². The number of amides is 1. The van der Waals surface area contributed by atoms with Crippen LogP contribution in [0.4, 0.5) is 11.6 Å². The quantitative estimate of drug-likeness (QED) is 0.725. The van der Waals surface area contributed by atoms with Crippen molar-refractivity contribution in [3.63, 3.8) is 0 Å². The molecule has 4 rings (SSSR count). The van der Waals surface area contributed by atoms with Gasteiger partial charge < -0.3 is 20.1 Å². The molecule has 0 fully saturated rings. The highest BCUT2D eigenvalue weighted by atomic mass is 16.7. The number of rotatable bonds is 5. The summed E-state index contributed by atoms with van der Waals surface area (Å²) in [6.07, 6.45) is 2.99. The highest BCUT2D eigenvalue weighted by molar-refractivity contribution is 5.93. The van der Waals surface area contributed by atoms with Crippen LogP contribution in [-0.4, -0.2) is 22.7 Å². The fourth-order valence-corrected chi connectivity index (χ4v) is 2.60. The summed E-state index contributed by atoms with van der Waals surface area (Å²) in [5.74, 6) is 1.56. The van der Waals surface area contributed by atoms with Crippen LogP contribution in [0.3, 0.4) is 0 Å². The van der Waals surface area contributed by atoms with Crippen molar-refractivity contribution in [1.29, 1.82) is 0 Å². The van der Waals surface area contributed by atoms with E-state index in [4.69, 9.17) is 9.47 Å². The zero-order chi connectivity index (χ0) is 18.6. The topological polar surface area (TPSA) is 85.4 Å². The number of carbonyl (C=O) groups excluding carboxylic acids is 1. The zero-order valence-corrected chi connectivity index (χ0v) is 14.7. The summed E-state index contributed by atoms with van der Waals surface area (Å²) in [5, 5.41) is 5.94. The number of carbonyl (C=O) groups is 1. The van der Waals surface area contributed by atoms with Gasteiger partial charge in [0.15, 0.2) is 11.5 Å². The van der Waals surface area contributed by atoms with E-state index in [1.54, 1.807) is 0 Å². The Hall–Kier alpha value is -3.61. The van der Waals surface area contributed by atoms with Crippen molar-refractivity contribution in [2.75, 3.05) is 12.1 Å². The van der Waals surface area contributed by atoms with Gasteiger partial charge in [-0.05, 0) is 24.6 Å². The number of nitrogens with one attached hydrogen (secondary N) is 2. The molecule has 1 amide bonds. The predicted molar refractivity (Wildman–Crippen MR) is 100 cm³/mol. The van der Waals surface area contributed by atoms with E-state index in [1.165, 1.54) is 18.0 Å². The lowest BCUT2D eigenvalue weighted by atomic mass is 10.1. The normalized spacial score (nSPS) is 11.9.